The maximum absolute atomic E-state index is 11.4. The van der Waals surface area contributed by atoms with Gasteiger partial charge >= 0.3 is 11.9 Å². The van der Waals surface area contributed by atoms with Crippen molar-refractivity contribution < 1.29 is 14.3 Å². The van der Waals surface area contributed by atoms with Crippen molar-refractivity contribution in [2.75, 3.05) is 0 Å². The van der Waals surface area contributed by atoms with Crippen molar-refractivity contribution in [2.24, 2.45) is 5.92 Å². The maximum Gasteiger partial charge on any atom is 0.331 e. The number of halogens is 2. The van der Waals surface area contributed by atoms with Gasteiger partial charge < -0.3 is 4.74 Å². The lowest BCUT2D eigenvalue weighted by Crippen LogP contribution is -2.41. The van der Waals surface area contributed by atoms with Crippen molar-refractivity contribution in [3.63, 3.8) is 0 Å². The maximum atomic E-state index is 11.4. The summed E-state index contributed by atoms with van der Waals surface area (Å²) in [7, 11) is 0. The molecule has 72 valence electrons. The molecule has 0 bridgehead atoms. The van der Waals surface area contributed by atoms with Crippen LogP contribution in [0.3, 0.4) is 0 Å². The van der Waals surface area contributed by atoms with E-state index < -0.39 is 10.3 Å². The van der Waals surface area contributed by atoms with Gasteiger partial charge in [-0.15, -0.1) is 0 Å². The average Bonchev–Trinajstić information content (AvgIpc) is 2.23. The highest BCUT2D eigenvalue weighted by atomic mass is 79.9. The lowest BCUT2D eigenvalue weighted by Gasteiger charge is -2.30. The van der Waals surface area contributed by atoms with Crippen LogP contribution in [0.15, 0.2) is 0 Å². The molecule has 3 nitrogen and oxygen atoms in total. The third kappa shape index (κ3) is 1.36. The summed E-state index contributed by atoms with van der Waals surface area (Å²) in [6, 6.07) is 0. The second-order valence-electron chi connectivity index (χ2n) is 3.50. The topological polar surface area (TPSA) is 43.4 Å². The van der Waals surface area contributed by atoms with Crippen molar-refractivity contribution in [3.05, 3.63) is 0 Å². The fraction of sp³-hybridized carbons (Fsp3) is 0.750. The number of cyclic esters (lactones) is 2. The SMILES string of the molecule is O=C1OC(=O)C2(Br)CC(Br)CCC12. The first-order valence-electron chi connectivity index (χ1n) is 4.13. The first-order chi connectivity index (χ1) is 6.04. The molecule has 0 aromatic heterocycles. The first-order valence-corrected chi connectivity index (χ1v) is 5.84. The fourth-order valence-corrected chi connectivity index (χ4v) is 4.02. The monoisotopic (exact) mass is 310 g/mol. The summed E-state index contributed by atoms with van der Waals surface area (Å²) in [6.07, 6.45) is 2.26. The van der Waals surface area contributed by atoms with Crippen LogP contribution in [0.5, 0.6) is 0 Å². The molecule has 13 heavy (non-hydrogen) atoms. The van der Waals surface area contributed by atoms with Gasteiger partial charge in [0.05, 0.1) is 5.92 Å². The third-order valence-electron chi connectivity index (χ3n) is 2.66. The number of alkyl halides is 2. The third-order valence-corrected chi connectivity index (χ3v) is 4.64. The van der Waals surface area contributed by atoms with Gasteiger partial charge in [0.25, 0.3) is 0 Å². The molecule has 1 saturated heterocycles. The molecule has 0 aromatic carbocycles. The minimum atomic E-state index is -0.753. The van der Waals surface area contributed by atoms with Gasteiger partial charge in [0.15, 0.2) is 0 Å². The predicted octanol–water partition coefficient (Wildman–Crippen LogP) is 1.77. The molecule has 3 unspecified atom stereocenters. The van der Waals surface area contributed by atoms with E-state index in [1.165, 1.54) is 0 Å². The lowest BCUT2D eigenvalue weighted by molar-refractivity contribution is -0.153. The van der Waals surface area contributed by atoms with Gasteiger partial charge in [-0.3, -0.25) is 9.59 Å². The van der Waals surface area contributed by atoms with Gasteiger partial charge in [0, 0.05) is 4.83 Å². The van der Waals surface area contributed by atoms with Crippen LogP contribution in [-0.4, -0.2) is 21.1 Å². The Labute approximate surface area is 92.5 Å². The molecule has 0 amide bonds. The zero-order chi connectivity index (χ0) is 9.64. The molecular weight excluding hydrogens is 304 g/mol. The van der Waals surface area contributed by atoms with E-state index in [1.54, 1.807) is 0 Å². The smallest absolute Gasteiger partial charge is 0.331 e. The van der Waals surface area contributed by atoms with Crippen LogP contribution in [0.1, 0.15) is 19.3 Å². The van der Waals surface area contributed by atoms with E-state index in [2.05, 4.69) is 36.6 Å². The van der Waals surface area contributed by atoms with Crippen molar-refractivity contribution >= 4 is 43.8 Å². The van der Waals surface area contributed by atoms with E-state index in [1.807, 2.05) is 0 Å². The van der Waals surface area contributed by atoms with Gasteiger partial charge in [-0.2, -0.15) is 0 Å². The summed E-state index contributed by atoms with van der Waals surface area (Å²) in [6.45, 7) is 0. The van der Waals surface area contributed by atoms with Crippen molar-refractivity contribution in [3.8, 4) is 0 Å². The Kier molecular flexibility index (Phi) is 2.27. The molecule has 0 spiro atoms. The number of rotatable bonds is 0. The standard InChI is InChI=1S/C8H8Br2O3/c9-4-1-2-5-6(11)13-7(12)8(5,10)3-4/h4-5H,1-3H2. The number of hydrogen-bond donors (Lipinski definition) is 0. The van der Waals surface area contributed by atoms with Crippen LogP contribution in [0, 0.1) is 5.92 Å². The first kappa shape index (κ1) is 9.65. The van der Waals surface area contributed by atoms with E-state index in [0.29, 0.717) is 17.7 Å². The molecule has 5 heteroatoms. The van der Waals surface area contributed by atoms with E-state index in [4.69, 9.17) is 0 Å². The quantitative estimate of drug-likeness (QED) is 0.389. The summed E-state index contributed by atoms with van der Waals surface area (Å²) in [5, 5.41) is 0. The summed E-state index contributed by atoms with van der Waals surface area (Å²) in [5.74, 6) is -1.08. The minimum Gasteiger partial charge on any atom is -0.392 e. The van der Waals surface area contributed by atoms with Crippen molar-refractivity contribution in [2.45, 2.75) is 28.4 Å². The molecule has 0 aromatic rings. The number of carbonyl (C=O) groups excluding carboxylic acids is 2. The Morgan fingerprint density at radius 3 is 2.77 bits per heavy atom. The highest BCUT2D eigenvalue weighted by molar-refractivity contribution is 9.10. The van der Waals surface area contributed by atoms with E-state index in [9.17, 15) is 9.59 Å². The zero-order valence-corrected chi connectivity index (χ0v) is 9.93. The number of carbonyl (C=O) groups is 2. The molecule has 2 aliphatic rings. The van der Waals surface area contributed by atoms with Crippen LogP contribution < -0.4 is 0 Å². The van der Waals surface area contributed by atoms with Crippen molar-refractivity contribution in [1.82, 2.24) is 0 Å². The van der Waals surface area contributed by atoms with Crippen LogP contribution >= 0.6 is 31.9 Å². The minimum absolute atomic E-state index is 0.284. The molecular formula is C8H8Br2O3. The average molecular weight is 312 g/mol. The van der Waals surface area contributed by atoms with Gasteiger partial charge in [-0.25, -0.2) is 0 Å². The molecule has 3 atom stereocenters. The summed E-state index contributed by atoms with van der Waals surface area (Å²) in [4.78, 5) is 22.9. The van der Waals surface area contributed by atoms with Crippen molar-refractivity contribution in [1.29, 1.82) is 0 Å². The van der Waals surface area contributed by atoms with E-state index in [0.717, 1.165) is 6.42 Å². The highest BCUT2D eigenvalue weighted by Crippen LogP contribution is 2.48. The van der Waals surface area contributed by atoms with Gasteiger partial charge in [-0.05, 0) is 19.3 Å². The number of hydrogen-bond acceptors (Lipinski definition) is 3. The second-order valence-corrected chi connectivity index (χ2v) is 6.21. The number of ether oxygens (including phenoxy) is 1. The van der Waals surface area contributed by atoms with Crippen LogP contribution in [0.2, 0.25) is 0 Å². The second kappa shape index (κ2) is 3.05. The Morgan fingerprint density at radius 1 is 1.38 bits per heavy atom. The Hall–Kier alpha value is 0.1000. The largest absolute Gasteiger partial charge is 0.392 e. The van der Waals surface area contributed by atoms with Gasteiger partial charge in [0.2, 0.25) is 0 Å². The fourth-order valence-electron chi connectivity index (χ4n) is 1.92. The van der Waals surface area contributed by atoms with Gasteiger partial charge in [-0.1, -0.05) is 31.9 Å². The predicted molar refractivity (Wildman–Crippen MR) is 52.8 cm³/mol. The molecule has 1 aliphatic heterocycles. The molecule has 1 aliphatic carbocycles. The number of esters is 2. The molecule has 2 rings (SSSR count). The van der Waals surface area contributed by atoms with Gasteiger partial charge in [0.1, 0.15) is 4.32 Å². The number of fused-ring (bicyclic) bond motifs is 1. The summed E-state index contributed by atoms with van der Waals surface area (Å²) >= 11 is 6.80. The van der Waals surface area contributed by atoms with Crippen LogP contribution in [0.25, 0.3) is 0 Å². The molecule has 0 radical (unpaired) electrons. The molecule has 0 N–H and O–H groups in total. The molecule has 2 fully saturated rings. The highest BCUT2D eigenvalue weighted by Gasteiger charge is 2.58. The van der Waals surface area contributed by atoms with Crippen LogP contribution in [-0.2, 0) is 14.3 Å². The molecule has 1 saturated carbocycles. The Morgan fingerprint density at radius 2 is 2.08 bits per heavy atom. The zero-order valence-electron chi connectivity index (χ0n) is 6.76. The van der Waals surface area contributed by atoms with Crippen LogP contribution in [0.4, 0.5) is 0 Å². The summed E-state index contributed by atoms with van der Waals surface area (Å²) < 4.78 is 3.86. The normalized spacial score (nSPS) is 44.5. The lowest BCUT2D eigenvalue weighted by atomic mass is 9.81. The Bertz CT molecular complexity index is 279. The van der Waals surface area contributed by atoms with E-state index in [-0.39, 0.29) is 11.9 Å². The summed E-state index contributed by atoms with van der Waals surface area (Å²) in [5.41, 5.74) is 0. The van der Waals surface area contributed by atoms with E-state index >= 15 is 0 Å². The molecule has 1 heterocycles. The Balaban J connectivity index is 2.31.